The van der Waals surface area contributed by atoms with E-state index < -0.39 is 69.4 Å². The Morgan fingerprint density at radius 3 is 2.41 bits per heavy atom. The first kappa shape index (κ1) is 21.1. The van der Waals surface area contributed by atoms with E-state index in [4.69, 9.17) is 23.7 Å². The Labute approximate surface area is 180 Å². The lowest BCUT2D eigenvalue weighted by Crippen LogP contribution is -2.66. The van der Waals surface area contributed by atoms with Gasteiger partial charge in [0.15, 0.2) is 40.5 Å². The Balaban J connectivity index is 1.24. The summed E-state index contributed by atoms with van der Waals surface area (Å²) in [6.45, 7) is 0. The van der Waals surface area contributed by atoms with Crippen LogP contribution in [0.25, 0.3) is 0 Å². The summed E-state index contributed by atoms with van der Waals surface area (Å²) in [5.41, 5.74) is -1.35. The van der Waals surface area contributed by atoms with E-state index in [1.165, 1.54) is 0 Å². The fraction of sp³-hybridized carbons (Fsp3) is 0.889. The van der Waals surface area contributed by atoms with Gasteiger partial charge in [0.05, 0.1) is 0 Å². The van der Waals surface area contributed by atoms with Gasteiger partial charge < -0.3 is 33.3 Å². The highest BCUT2D eigenvalue weighted by Crippen LogP contribution is 2.65. The van der Waals surface area contributed by atoms with Crippen LogP contribution in [0.5, 0.6) is 0 Å². The molecule has 11 nitrogen and oxygen atoms in total. The molecule has 4 saturated carbocycles. The first-order valence-corrected chi connectivity index (χ1v) is 11.7. The van der Waals surface area contributed by atoms with Crippen molar-refractivity contribution in [1.29, 1.82) is 0 Å². The molecule has 4 bridgehead atoms. The predicted octanol–water partition coefficient (Wildman–Crippen LogP) is -0.631. The third-order valence-electron chi connectivity index (χ3n) is 7.76. The lowest BCUT2D eigenvalue weighted by molar-refractivity contribution is -0.343. The van der Waals surface area contributed by atoms with Crippen molar-refractivity contribution in [2.75, 3.05) is 0 Å². The summed E-state index contributed by atoms with van der Waals surface area (Å²) in [5, 5.41) is 4.70. The SMILES string of the molecule is O=C1OC2C3OC4(OC3OC2C1O)C1CC2CC4CC(OC(=O)C(F)(F)S(=O)(=O)[O-])(C2)C1. The van der Waals surface area contributed by atoms with Crippen molar-refractivity contribution in [3.05, 3.63) is 0 Å². The van der Waals surface area contributed by atoms with Gasteiger partial charge in [0, 0.05) is 11.8 Å². The zero-order valence-corrected chi connectivity index (χ0v) is 17.2. The van der Waals surface area contributed by atoms with E-state index >= 15 is 0 Å². The molecule has 4 aliphatic carbocycles. The van der Waals surface area contributed by atoms with Gasteiger partial charge in [0.1, 0.15) is 11.7 Å². The third-order valence-corrected chi connectivity index (χ3v) is 8.56. The van der Waals surface area contributed by atoms with E-state index in [2.05, 4.69) is 0 Å². The van der Waals surface area contributed by atoms with Crippen LogP contribution in [0.4, 0.5) is 8.78 Å². The van der Waals surface area contributed by atoms with Crippen molar-refractivity contribution in [2.45, 2.75) is 79.5 Å². The van der Waals surface area contributed by atoms with Crippen LogP contribution in [0.2, 0.25) is 0 Å². The van der Waals surface area contributed by atoms with Gasteiger partial charge in [-0.2, -0.15) is 8.78 Å². The largest absolute Gasteiger partial charge is 0.743 e. The van der Waals surface area contributed by atoms with Gasteiger partial charge in [-0.25, -0.2) is 18.0 Å². The molecule has 32 heavy (non-hydrogen) atoms. The smallest absolute Gasteiger partial charge is 0.428 e. The monoisotopic (exact) mass is 481 g/mol. The van der Waals surface area contributed by atoms with Crippen LogP contribution in [-0.2, 0) is 43.4 Å². The Hall–Kier alpha value is -1.45. The van der Waals surface area contributed by atoms with Crippen molar-refractivity contribution in [1.82, 2.24) is 0 Å². The Bertz CT molecular complexity index is 983. The van der Waals surface area contributed by atoms with Crippen LogP contribution in [0.3, 0.4) is 0 Å². The van der Waals surface area contributed by atoms with Crippen LogP contribution in [-0.4, -0.2) is 77.4 Å². The number of rotatable bonds is 3. The quantitative estimate of drug-likeness (QED) is 0.404. The zero-order chi connectivity index (χ0) is 22.8. The van der Waals surface area contributed by atoms with Crippen LogP contribution >= 0.6 is 0 Å². The number of fused-ring (bicyclic) bond motifs is 3. The Morgan fingerprint density at radius 2 is 1.78 bits per heavy atom. The molecular weight excluding hydrogens is 462 g/mol. The molecule has 7 unspecified atom stereocenters. The molecule has 0 aromatic heterocycles. The molecular formula is C18H19F2O11S-. The number of carbonyl (C=O) groups excluding carboxylic acids is 2. The molecule has 7 fully saturated rings. The van der Waals surface area contributed by atoms with Crippen LogP contribution < -0.4 is 0 Å². The van der Waals surface area contributed by atoms with Gasteiger partial charge in [0.2, 0.25) is 0 Å². The number of alkyl halides is 2. The van der Waals surface area contributed by atoms with Crippen LogP contribution in [0.15, 0.2) is 0 Å². The van der Waals surface area contributed by atoms with Gasteiger partial charge in [-0.05, 0) is 38.0 Å². The van der Waals surface area contributed by atoms with Gasteiger partial charge >= 0.3 is 17.2 Å². The van der Waals surface area contributed by atoms with E-state index in [-0.39, 0.29) is 37.0 Å². The van der Waals surface area contributed by atoms with Crippen LogP contribution in [0, 0.1) is 17.8 Å². The molecule has 14 heteroatoms. The molecule has 1 spiro atoms. The average Bonchev–Trinajstić information content (AvgIpc) is 3.28. The third kappa shape index (κ3) is 2.59. The average molecular weight is 481 g/mol. The molecule has 0 aromatic carbocycles. The fourth-order valence-corrected chi connectivity index (χ4v) is 6.99. The maximum absolute atomic E-state index is 13.7. The van der Waals surface area contributed by atoms with Gasteiger partial charge in [-0.15, -0.1) is 0 Å². The minimum absolute atomic E-state index is 0.0100. The summed E-state index contributed by atoms with van der Waals surface area (Å²) in [4.78, 5) is 23.6. The normalized spacial score (nSPS) is 51.1. The number of aliphatic hydroxyl groups is 1. The zero-order valence-electron chi connectivity index (χ0n) is 16.3. The van der Waals surface area contributed by atoms with E-state index in [9.17, 15) is 36.4 Å². The van der Waals surface area contributed by atoms with E-state index in [1.54, 1.807) is 0 Å². The summed E-state index contributed by atoms with van der Waals surface area (Å²) >= 11 is 0. The highest BCUT2D eigenvalue weighted by Gasteiger charge is 2.73. The Morgan fingerprint density at radius 1 is 1.12 bits per heavy atom. The van der Waals surface area contributed by atoms with Crippen molar-refractivity contribution < 1.29 is 60.1 Å². The molecule has 1 N–H and O–H groups in total. The molecule has 7 rings (SSSR count). The highest BCUT2D eigenvalue weighted by molar-refractivity contribution is 7.87. The highest BCUT2D eigenvalue weighted by atomic mass is 32.2. The summed E-state index contributed by atoms with van der Waals surface area (Å²) < 4.78 is 88.2. The van der Waals surface area contributed by atoms with Crippen LogP contribution in [0.1, 0.15) is 32.1 Å². The summed E-state index contributed by atoms with van der Waals surface area (Å²) in [7, 11) is -6.22. The number of hydrogen-bond acceptors (Lipinski definition) is 11. The topological polar surface area (TPSA) is 158 Å². The first-order chi connectivity index (χ1) is 14.9. The number of aliphatic hydroxyl groups excluding tert-OH is 1. The molecule has 3 aliphatic heterocycles. The maximum atomic E-state index is 13.7. The maximum Gasteiger partial charge on any atom is 0.428 e. The summed E-state index contributed by atoms with van der Waals surface area (Å²) in [6.07, 6.45) is -3.21. The molecule has 0 aromatic rings. The standard InChI is InChI=1S/C18H20F2O11S/c19-18(20,32(24,25)26)15(23)31-16-3-6-1-7(4-16)17(8(2-6)5-16)29-12-11-10(28-14(12)30-17)9(21)13(22)27-11/h6-12,14,21H,1-5H2,(H,24,25,26)/p-1. The number of hydrogen-bond donors (Lipinski definition) is 1. The lowest BCUT2D eigenvalue weighted by Gasteiger charge is -2.62. The molecule has 178 valence electrons. The molecule has 7 atom stereocenters. The predicted molar refractivity (Wildman–Crippen MR) is 90.3 cm³/mol. The van der Waals surface area contributed by atoms with Crippen molar-refractivity contribution in [3.63, 3.8) is 0 Å². The second kappa shape index (κ2) is 6.16. The van der Waals surface area contributed by atoms with Gasteiger partial charge in [-0.3, -0.25) is 0 Å². The number of carbonyl (C=O) groups is 2. The molecule has 0 amide bonds. The number of halogens is 2. The fourth-order valence-electron chi connectivity index (χ4n) is 6.74. The van der Waals surface area contributed by atoms with E-state index in [0.717, 1.165) is 0 Å². The molecule has 7 aliphatic rings. The van der Waals surface area contributed by atoms with Gasteiger partial charge in [0.25, 0.3) is 0 Å². The summed E-state index contributed by atoms with van der Waals surface area (Å²) in [5.74, 6) is -5.10. The second-order valence-corrected chi connectivity index (χ2v) is 11.0. The van der Waals surface area contributed by atoms with Gasteiger partial charge in [-0.1, -0.05) is 0 Å². The second-order valence-electron chi connectivity index (χ2n) is 9.62. The van der Waals surface area contributed by atoms with Crippen molar-refractivity contribution in [2.24, 2.45) is 17.8 Å². The molecule has 3 saturated heterocycles. The van der Waals surface area contributed by atoms with Crippen molar-refractivity contribution >= 4 is 22.1 Å². The molecule has 3 heterocycles. The lowest BCUT2D eigenvalue weighted by atomic mass is 9.51. The Kier molecular flexibility index (Phi) is 4.06. The minimum Gasteiger partial charge on any atom is -0.743 e. The number of esters is 2. The van der Waals surface area contributed by atoms with Crippen molar-refractivity contribution in [3.8, 4) is 0 Å². The summed E-state index contributed by atoms with van der Waals surface area (Å²) in [6, 6.07) is 0. The minimum atomic E-state index is -6.22. The molecule has 0 radical (unpaired) electrons. The first-order valence-electron chi connectivity index (χ1n) is 10.3. The van der Waals surface area contributed by atoms with E-state index in [1.807, 2.05) is 0 Å². The van der Waals surface area contributed by atoms with E-state index in [0.29, 0.717) is 12.8 Å². The number of ether oxygens (including phenoxy) is 5.